The lowest BCUT2D eigenvalue weighted by Crippen LogP contribution is -2.37. The van der Waals surface area contributed by atoms with E-state index in [1.54, 1.807) is 7.11 Å². The van der Waals surface area contributed by atoms with E-state index in [0.717, 1.165) is 35.7 Å². The zero-order valence-corrected chi connectivity index (χ0v) is 16.2. The van der Waals surface area contributed by atoms with Gasteiger partial charge in [-0.1, -0.05) is 24.3 Å². The molecule has 1 N–H and O–H groups in total. The lowest BCUT2D eigenvalue weighted by molar-refractivity contribution is -0.120. The van der Waals surface area contributed by atoms with Crippen molar-refractivity contribution in [3.05, 3.63) is 66.1 Å². The number of aromatic nitrogens is 2. The average molecular weight is 378 g/mol. The summed E-state index contributed by atoms with van der Waals surface area (Å²) in [5.41, 5.74) is 2.76. The SMILES string of the molecule is COc1ccccc1C(CNC(=O)Cc1cn2ccccc2n1)N1CCCC1. The number of rotatable bonds is 7. The monoisotopic (exact) mass is 378 g/mol. The van der Waals surface area contributed by atoms with Gasteiger partial charge in [0.25, 0.3) is 0 Å². The second-order valence-corrected chi connectivity index (χ2v) is 7.18. The standard InChI is InChI=1S/C22H26N4O2/c1-28-20-9-3-2-8-18(20)19(25-11-6-7-12-25)15-23-22(27)14-17-16-26-13-5-4-10-21(26)24-17/h2-5,8-10,13,16,19H,6-7,11-12,14-15H2,1H3,(H,23,27). The highest BCUT2D eigenvalue weighted by Crippen LogP contribution is 2.31. The summed E-state index contributed by atoms with van der Waals surface area (Å²) < 4.78 is 7.50. The molecule has 3 heterocycles. The van der Waals surface area contributed by atoms with Crippen LogP contribution in [-0.4, -0.2) is 46.9 Å². The Hall–Kier alpha value is -2.86. The molecule has 1 atom stereocenters. The van der Waals surface area contributed by atoms with Gasteiger partial charge in [0.1, 0.15) is 11.4 Å². The van der Waals surface area contributed by atoms with Crippen LogP contribution in [0.15, 0.2) is 54.9 Å². The van der Waals surface area contributed by atoms with Crippen LogP contribution in [0.25, 0.3) is 5.65 Å². The third-order valence-corrected chi connectivity index (χ3v) is 5.33. The first-order valence-corrected chi connectivity index (χ1v) is 9.81. The molecule has 1 unspecified atom stereocenters. The number of ether oxygens (including phenoxy) is 1. The van der Waals surface area contributed by atoms with Crippen molar-refractivity contribution in [2.24, 2.45) is 0 Å². The minimum absolute atomic E-state index is 0.0116. The van der Waals surface area contributed by atoms with E-state index in [4.69, 9.17) is 4.74 Å². The van der Waals surface area contributed by atoms with Gasteiger partial charge in [-0.15, -0.1) is 0 Å². The van der Waals surface area contributed by atoms with Gasteiger partial charge >= 0.3 is 0 Å². The van der Waals surface area contributed by atoms with Gasteiger partial charge in [-0.3, -0.25) is 9.69 Å². The number of imidazole rings is 1. The highest BCUT2D eigenvalue weighted by molar-refractivity contribution is 5.78. The van der Waals surface area contributed by atoms with Gasteiger partial charge < -0.3 is 14.5 Å². The molecule has 0 spiro atoms. The molecule has 0 bridgehead atoms. The molecule has 1 fully saturated rings. The van der Waals surface area contributed by atoms with Gasteiger partial charge in [0, 0.05) is 24.5 Å². The van der Waals surface area contributed by atoms with Crippen molar-refractivity contribution in [2.75, 3.05) is 26.7 Å². The lowest BCUT2D eigenvalue weighted by atomic mass is 10.0. The normalized spacial score (nSPS) is 15.6. The van der Waals surface area contributed by atoms with Crippen LogP contribution in [-0.2, 0) is 11.2 Å². The van der Waals surface area contributed by atoms with Gasteiger partial charge in [-0.2, -0.15) is 0 Å². The van der Waals surface area contributed by atoms with Crippen molar-refractivity contribution >= 4 is 11.6 Å². The summed E-state index contributed by atoms with van der Waals surface area (Å²) in [4.78, 5) is 19.5. The van der Waals surface area contributed by atoms with E-state index in [9.17, 15) is 4.79 Å². The number of nitrogens with one attached hydrogen (secondary N) is 1. The number of amides is 1. The lowest BCUT2D eigenvalue weighted by Gasteiger charge is -2.29. The van der Waals surface area contributed by atoms with E-state index in [1.165, 1.54) is 12.8 Å². The predicted molar refractivity (Wildman–Crippen MR) is 108 cm³/mol. The Morgan fingerprint density at radius 1 is 1.18 bits per heavy atom. The number of hydrogen-bond acceptors (Lipinski definition) is 4. The smallest absolute Gasteiger partial charge is 0.226 e. The Morgan fingerprint density at radius 2 is 1.96 bits per heavy atom. The molecule has 1 aromatic carbocycles. The van der Waals surface area contributed by atoms with Gasteiger partial charge in [-0.25, -0.2) is 4.98 Å². The maximum absolute atomic E-state index is 12.6. The average Bonchev–Trinajstić information content (AvgIpc) is 3.38. The third-order valence-electron chi connectivity index (χ3n) is 5.33. The van der Waals surface area contributed by atoms with Crippen molar-refractivity contribution < 1.29 is 9.53 Å². The molecule has 6 heteroatoms. The molecule has 1 aliphatic rings. The van der Waals surface area contributed by atoms with Crippen molar-refractivity contribution in [3.8, 4) is 5.75 Å². The van der Waals surface area contributed by atoms with Crippen molar-refractivity contribution in [3.63, 3.8) is 0 Å². The molecular weight excluding hydrogens is 352 g/mol. The molecule has 146 valence electrons. The molecule has 28 heavy (non-hydrogen) atoms. The largest absolute Gasteiger partial charge is 0.496 e. The summed E-state index contributed by atoms with van der Waals surface area (Å²) in [5, 5.41) is 3.12. The minimum Gasteiger partial charge on any atom is -0.496 e. The van der Waals surface area contributed by atoms with Crippen LogP contribution in [0.3, 0.4) is 0 Å². The minimum atomic E-state index is -0.0116. The van der Waals surface area contributed by atoms with E-state index in [0.29, 0.717) is 6.54 Å². The number of carbonyl (C=O) groups is 1. The fourth-order valence-electron chi connectivity index (χ4n) is 3.94. The Bertz CT molecular complexity index is 913. The quantitative estimate of drug-likeness (QED) is 0.687. The molecule has 6 nitrogen and oxygen atoms in total. The Labute approximate surface area is 165 Å². The molecular formula is C22H26N4O2. The van der Waals surface area contributed by atoms with Crippen LogP contribution in [0.4, 0.5) is 0 Å². The number of fused-ring (bicyclic) bond motifs is 1. The van der Waals surface area contributed by atoms with Crippen LogP contribution < -0.4 is 10.1 Å². The van der Waals surface area contributed by atoms with E-state index in [2.05, 4.69) is 21.3 Å². The third kappa shape index (κ3) is 4.02. The molecule has 0 saturated carbocycles. The van der Waals surface area contributed by atoms with E-state index >= 15 is 0 Å². The number of carbonyl (C=O) groups excluding carboxylic acids is 1. The fourth-order valence-corrected chi connectivity index (χ4v) is 3.94. The number of benzene rings is 1. The number of methoxy groups -OCH3 is 1. The molecule has 3 aromatic rings. The first-order chi connectivity index (χ1) is 13.7. The summed E-state index contributed by atoms with van der Waals surface area (Å²) >= 11 is 0. The summed E-state index contributed by atoms with van der Waals surface area (Å²) in [6, 6.07) is 14.0. The van der Waals surface area contributed by atoms with E-state index in [1.807, 2.05) is 53.2 Å². The van der Waals surface area contributed by atoms with Gasteiger partial charge in [-0.05, 0) is 44.1 Å². The molecule has 0 radical (unpaired) electrons. The maximum atomic E-state index is 12.6. The Morgan fingerprint density at radius 3 is 2.75 bits per heavy atom. The molecule has 1 aliphatic heterocycles. The van der Waals surface area contributed by atoms with Crippen LogP contribution in [0.2, 0.25) is 0 Å². The highest BCUT2D eigenvalue weighted by atomic mass is 16.5. The first-order valence-electron chi connectivity index (χ1n) is 9.81. The van der Waals surface area contributed by atoms with Crippen LogP contribution >= 0.6 is 0 Å². The first kappa shape index (κ1) is 18.5. The van der Waals surface area contributed by atoms with Crippen molar-refractivity contribution in [1.29, 1.82) is 0 Å². The second-order valence-electron chi connectivity index (χ2n) is 7.18. The van der Waals surface area contributed by atoms with Gasteiger partial charge in [0.15, 0.2) is 0 Å². The Kier molecular flexibility index (Phi) is 5.58. The molecule has 2 aromatic heterocycles. The van der Waals surface area contributed by atoms with Crippen molar-refractivity contribution in [1.82, 2.24) is 19.6 Å². The van der Waals surface area contributed by atoms with Gasteiger partial charge in [0.2, 0.25) is 5.91 Å². The van der Waals surface area contributed by atoms with Gasteiger partial charge in [0.05, 0.1) is 25.3 Å². The zero-order chi connectivity index (χ0) is 19.3. The number of para-hydroxylation sites is 1. The number of likely N-dealkylation sites (tertiary alicyclic amines) is 1. The molecule has 0 aliphatic carbocycles. The molecule has 1 amide bonds. The zero-order valence-electron chi connectivity index (χ0n) is 16.2. The summed E-state index contributed by atoms with van der Waals surface area (Å²) in [5.74, 6) is 0.858. The number of hydrogen-bond donors (Lipinski definition) is 1. The topological polar surface area (TPSA) is 58.9 Å². The molecule has 1 saturated heterocycles. The number of nitrogens with zero attached hydrogens (tertiary/aromatic N) is 3. The summed E-state index contributed by atoms with van der Waals surface area (Å²) in [6.07, 6.45) is 6.52. The Balaban J connectivity index is 1.45. The number of pyridine rings is 1. The highest BCUT2D eigenvalue weighted by Gasteiger charge is 2.26. The fraction of sp³-hybridized carbons (Fsp3) is 0.364. The second kappa shape index (κ2) is 8.44. The molecule has 4 rings (SSSR count). The summed E-state index contributed by atoms with van der Waals surface area (Å²) in [6.45, 7) is 2.66. The predicted octanol–water partition coefficient (Wildman–Crippen LogP) is 2.84. The summed E-state index contributed by atoms with van der Waals surface area (Å²) in [7, 11) is 1.70. The maximum Gasteiger partial charge on any atom is 0.226 e. The van der Waals surface area contributed by atoms with Crippen LogP contribution in [0.1, 0.15) is 30.1 Å². The van der Waals surface area contributed by atoms with E-state index < -0.39 is 0 Å². The van der Waals surface area contributed by atoms with Crippen LogP contribution in [0, 0.1) is 0 Å². The van der Waals surface area contributed by atoms with Crippen LogP contribution in [0.5, 0.6) is 5.75 Å². The van der Waals surface area contributed by atoms with E-state index in [-0.39, 0.29) is 18.4 Å². The van der Waals surface area contributed by atoms with Crippen molar-refractivity contribution in [2.45, 2.75) is 25.3 Å².